The number of esters is 1. The third kappa shape index (κ3) is 4.53. The van der Waals surface area contributed by atoms with Crippen molar-refractivity contribution in [3.63, 3.8) is 0 Å². The maximum Gasteiger partial charge on any atom is 0.309 e. The Balaban J connectivity index is 1.23. The molecule has 2 aliphatic rings. The molecule has 0 aromatic heterocycles. The largest absolute Gasteiger partial charge is 0.461 e. The van der Waals surface area contributed by atoms with Crippen molar-refractivity contribution in [1.29, 1.82) is 0 Å². The minimum Gasteiger partial charge on any atom is -0.461 e. The van der Waals surface area contributed by atoms with Gasteiger partial charge in [-0.15, -0.1) is 0 Å². The Morgan fingerprint density at radius 3 is 2.39 bits per heavy atom. The molecule has 1 saturated heterocycles. The number of halogens is 1. The van der Waals surface area contributed by atoms with Gasteiger partial charge in [-0.2, -0.15) is 0 Å². The van der Waals surface area contributed by atoms with Gasteiger partial charge in [0, 0.05) is 37.9 Å². The van der Waals surface area contributed by atoms with Crippen molar-refractivity contribution >= 4 is 11.7 Å². The summed E-state index contributed by atoms with van der Waals surface area (Å²) in [6, 6.07) is 17.0. The molecule has 0 spiro atoms. The fourth-order valence-corrected chi connectivity index (χ4v) is 4.35. The van der Waals surface area contributed by atoms with Gasteiger partial charge < -0.3 is 9.64 Å². The number of rotatable bonds is 5. The van der Waals surface area contributed by atoms with E-state index in [0.717, 1.165) is 56.7 Å². The zero-order valence-corrected chi connectivity index (χ0v) is 16.1. The molecular formula is C23H27FN2O2. The predicted octanol–water partition coefficient (Wildman–Crippen LogP) is 3.86. The average molecular weight is 382 g/mol. The standard InChI is InChI=1S/C23H27FN2O2/c24-20-7-10-21(11-8-20)25-12-14-26(15-13-25)22-9-6-19(16-22)23(27)28-17-18-4-2-1-3-5-18/h1-5,7-8,10-11,19,22H,6,9,12-17H2/t19-,22?/m0/s1. The lowest BCUT2D eigenvalue weighted by Crippen LogP contribution is -2.49. The van der Waals surface area contributed by atoms with E-state index in [2.05, 4.69) is 9.80 Å². The third-order valence-electron chi connectivity index (χ3n) is 5.98. The van der Waals surface area contributed by atoms with E-state index in [9.17, 15) is 9.18 Å². The number of anilines is 1. The lowest BCUT2D eigenvalue weighted by molar-refractivity contribution is -0.149. The van der Waals surface area contributed by atoms with Crippen molar-refractivity contribution < 1.29 is 13.9 Å². The highest BCUT2D eigenvalue weighted by molar-refractivity contribution is 5.72. The normalized spacial score (nSPS) is 23.0. The van der Waals surface area contributed by atoms with E-state index in [1.165, 1.54) is 12.1 Å². The van der Waals surface area contributed by atoms with Crippen LogP contribution in [0.2, 0.25) is 0 Å². The summed E-state index contributed by atoms with van der Waals surface area (Å²) in [6.45, 7) is 4.19. The molecule has 2 aromatic rings. The second-order valence-electron chi connectivity index (χ2n) is 7.76. The highest BCUT2D eigenvalue weighted by Gasteiger charge is 2.35. The highest BCUT2D eigenvalue weighted by Crippen LogP contribution is 2.31. The summed E-state index contributed by atoms with van der Waals surface area (Å²) < 4.78 is 18.6. The lowest BCUT2D eigenvalue weighted by Gasteiger charge is -2.39. The van der Waals surface area contributed by atoms with Crippen LogP contribution < -0.4 is 4.90 Å². The van der Waals surface area contributed by atoms with Crippen molar-refractivity contribution in [2.45, 2.75) is 31.9 Å². The van der Waals surface area contributed by atoms with Crippen molar-refractivity contribution in [2.75, 3.05) is 31.1 Å². The van der Waals surface area contributed by atoms with Crippen molar-refractivity contribution in [2.24, 2.45) is 5.92 Å². The summed E-state index contributed by atoms with van der Waals surface area (Å²) in [6.07, 6.45) is 2.86. The van der Waals surface area contributed by atoms with Gasteiger partial charge in [0.25, 0.3) is 0 Å². The summed E-state index contributed by atoms with van der Waals surface area (Å²) in [5.74, 6) is -0.237. The molecule has 1 aliphatic heterocycles. The lowest BCUT2D eigenvalue weighted by atomic mass is 10.1. The topological polar surface area (TPSA) is 32.8 Å². The van der Waals surface area contributed by atoms with Crippen molar-refractivity contribution in [3.05, 3.63) is 66.0 Å². The second-order valence-corrected chi connectivity index (χ2v) is 7.76. The Morgan fingerprint density at radius 2 is 1.68 bits per heavy atom. The Hall–Kier alpha value is -2.40. The summed E-state index contributed by atoms with van der Waals surface area (Å²) >= 11 is 0. The van der Waals surface area contributed by atoms with E-state index >= 15 is 0 Å². The van der Waals surface area contributed by atoms with Crippen LogP contribution in [0.1, 0.15) is 24.8 Å². The molecule has 148 valence electrons. The van der Waals surface area contributed by atoms with E-state index in [1.54, 1.807) is 0 Å². The average Bonchev–Trinajstić information content (AvgIpc) is 3.24. The molecule has 2 atom stereocenters. The van der Waals surface area contributed by atoms with E-state index < -0.39 is 0 Å². The number of nitrogens with zero attached hydrogens (tertiary/aromatic N) is 2. The summed E-state index contributed by atoms with van der Waals surface area (Å²) in [4.78, 5) is 17.2. The van der Waals surface area contributed by atoms with E-state index in [1.807, 2.05) is 42.5 Å². The SMILES string of the molecule is O=C(OCc1ccccc1)[C@H]1CCC(N2CCN(c3ccc(F)cc3)CC2)C1. The highest BCUT2D eigenvalue weighted by atomic mass is 19.1. The van der Waals surface area contributed by atoms with Crippen LogP contribution in [-0.2, 0) is 16.1 Å². The van der Waals surface area contributed by atoms with Crippen LogP contribution in [0.25, 0.3) is 0 Å². The fraction of sp³-hybridized carbons (Fsp3) is 0.435. The van der Waals surface area contributed by atoms with Crippen molar-refractivity contribution in [1.82, 2.24) is 4.90 Å². The van der Waals surface area contributed by atoms with Crippen LogP contribution in [0.15, 0.2) is 54.6 Å². The molecule has 5 heteroatoms. The molecule has 2 fully saturated rings. The quantitative estimate of drug-likeness (QED) is 0.735. The second kappa shape index (κ2) is 8.74. The summed E-state index contributed by atoms with van der Waals surface area (Å²) in [5, 5.41) is 0. The number of ether oxygens (including phenoxy) is 1. The van der Waals surface area contributed by atoms with Crippen LogP contribution in [0.3, 0.4) is 0 Å². The van der Waals surface area contributed by atoms with Gasteiger partial charge in [-0.25, -0.2) is 4.39 Å². The Morgan fingerprint density at radius 1 is 0.964 bits per heavy atom. The van der Waals surface area contributed by atoms with E-state index in [4.69, 9.17) is 4.74 Å². The number of piperazine rings is 1. The molecule has 0 amide bonds. The molecule has 1 saturated carbocycles. The van der Waals surface area contributed by atoms with Gasteiger partial charge in [-0.1, -0.05) is 30.3 Å². The molecule has 2 aromatic carbocycles. The Kier molecular flexibility index (Phi) is 5.91. The van der Waals surface area contributed by atoms with Crippen LogP contribution in [-0.4, -0.2) is 43.1 Å². The molecule has 4 rings (SSSR count). The molecule has 0 radical (unpaired) electrons. The summed E-state index contributed by atoms with van der Waals surface area (Å²) in [7, 11) is 0. The maximum atomic E-state index is 13.1. The van der Waals surface area contributed by atoms with Gasteiger partial charge in [0.1, 0.15) is 12.4 Å². The number of benzene rings is 2. The molecular weight excluding hydrogens is 355 g/mol. The van der Waals surface area contributed by atoms with Crippen LogP contribution in [0, 0.1) is 11.7 Å². The molecule has 1 unspecified atom stereocenters. The van der Waals surface area contributed by atoms with Crippen LogP contribution in [0.5, 0.6) is 0 Å². The van der Waals surface area contributed by atoms with E-state index in [-0.39, 0.29) is 17.7 Å². The van der Waals surface area contributed by atoms with Gasteiger partial charge in [0.2, 0.25) is 0 Å². The zero-order chi connectivity index (χ0) is 19.3. The molecule has 1 aliphatic carbocycles. The smallest absolute Gasteiger partial charge is 0.309 e. The molecule has 4 nitrogen and oxygen atoms in total. The number of carbonyl (C=O) groups excluding carboxylic acids is 1. The maximum absolute atomic E-state index is 13.1. The minimum absolute atomic E-state index is 0.0174. The van der Waals surface area contributed by atoms with E-state index in [0.29, 0.717) is 12.6 Å². The van der Waals surface area contributed by atoms with Gasteiger partial charge >= 0.3 is 5.97 Å². The third-order valence-corrected chi connectivity index (χ3v) is 5.98. The number of hydrogen-bond donors (Lipinski definition) is 0. The monoisotopic (exact) mass is 382 g/mol. The first-order chi connectivity index (χ1) is 13.7. The van der Waals surface area contributed by atoms with Gasteiger partial charge in [-0.05, 0) is 49.1 Å². The summed E-state index contributed by atoms with van der Waals surface area (Å²) in [5.41, 5.74) is 2.11. The first-order valence-electron chi connectivity index (χ1n) is 10.1. The molecule has 0 bridgehead atoms. The molecule has 0 N–H and O–H groups in total. The Bertz CT molecular complexity index is 773. The van der Waals surface area contributed by atoms with Crippen LogP contribution >= 0.6 is 0 Å². The minimum atomic E-state index is -0.196. The Labute approximate surface area is 165 Å². The fourth-order valence-electron chi connectivity index (χ4n) is 4.35. The van der Waals surface area contributed by atoms with Crippen molar-refractivity contribution in [3.8, 4) is 0 Å². The van der Waals surface area contributed by atoms with Gasteiger partial charge in [0.05, 0.1) is 5.92 Å². The molecule has 1 heterocycles. The van der Waals surface area contributed by atoms with Crippen LogP contribution in [0.4, 0.5) is 10.1 Å². The number of carbonyl (C=O) groups is 1. The first kappa shape index (κ1) is 18.9. The van der Waals surface area contributed by atoms with Gasteiger partial charge in [0.15, 0.2) is 0 Å². The predicted molar refractivity (Wildman–Crippen MR) is 108 cm³/mol. The first-order valence-corrected chi connectivity index (χ1v) is 10.1. The zero-order valence-electron chi connectivity index (χ0n) is 16.1. The molecule has 28 heavy (non-hydrogen) atoms. The number of hydrogen-bond acceptors (Lipinski definition) is 4. The van der Waals surface area contributed by atoms with Gasteiger partial charge in [-0.3, -0.25) is 9.69 Å².